The van der Waals surface area contributed by atoms with Crippen LogP contribution in [-0.2, 0) is 13.0 Å². The fraction of sp³-hybridized carbons (Fsp3) is 0.545. The first-order chi connectivity index (χ1) is 13.0. The van der Waals surface area contributed by atoms with Crippen molar-refractivity contribution in [3.63, 3.8) is 0 Å². The number of benzene rings is 1. The molecule has 5 nitrogen and oxygen atoms in total. The highest BCUT2D eigenvalue weighted by atomic mass is 15.2. The van der Waals surface area contributed by atoms with E-state index in [4.69, 9.17) is 0 Å². The molecule has 2 aromatic rings. The largest absolute Gasteiger partial charge is 0.373 e. The molecule has 0 radical (unpaired) electrons. The Hall–Kier alpha value is -2.14. The number of aromatic nitrogens is 2. The molecule has 1 atom stereocenters. The third kappa shape index (κ3) is 5.93. The first-order valence-corrected chi connectivity index (χ1v) is 10.1. The first-order valence-electron chi connectivity index (χ1n) is 10.1. The SMILES string of the molecule is CNc1cc(C)nc(N[C@H]2CCCN(Cc3ccc(CC(C)C)cc3)C2)n1. The maximum atomic E-state index is 4.54. The number of likely N-dealkylation sites (tertiary alicyclic amines) is 1. The van der Waals surface area contributed by atoms with Crippen molar-refractivity contribution in [1.29, 1.82) is 0 Å². The number of nitrogens with one attached hydrogen (secondary N) is 2. The number of piperidine rings is 1. The van der Waals surface area contributed by atoms with Gasteiger partial charge in [0.15, 0.2) is 0 Å². The lowest BCUT2D eigenvalue weighted by atomic mass is 10.0. The van der Waals surface area contributed by atoms with E-state index in [9.17, 15) is 0 Å². The molecule has 1 saturated heterocycles. The van der Waals surface area contributed by atoms with Crippen LogP contribution < -0.4 is 10.6 Å². The number of nitrogens with zero attached hydrogens (tertiary/aromatic N) is 3. The maximum Gasteiger partial charge on any atom is 0.225 e. The van der Waals surface area contributed by atoms with Gasteiger partial charge in [0.2, 0.25) is 5.95 Å². The summed E-state index contributed by atoms with van der Waals surface area (Å²) in [5.41, 5.74) is 3.81. The Morgan fingerprint density at radius 1 is 1.15 bits per heavy atom. The van der Waals surface area contributed by atoms with Crippen molar-refractivity contribution >= 4 is 11.8 Å². The molecule has 1 aromatic carbocycles. The number of hydrogen-bond donors (Lipinski definition) is 2. The summed E-state index contributed by atoms with van der Waals surface area (Å²) in [6.45, 7) is 9.74. The molecule has 1 fully saturated rings. The Bertz CT molecular complexity index is 726. The van der Waals surface area contributed by atoms with Gasteiger partial charge in [-0.15, -0.1) is 0 Å². The van der Waals surface area contributed by atoms with Gasteiger partial charge in [0.25, 0.3) is 0 Å². The zero-order chi connectivity index (χ0) is 19.2. The van der Waals surface area contributed by atoms with E-state index in [1.807, 2.05) is 20.0 Å². The van der Waals surface area contributed by atoms with Crippen molar-refractivity contribution in [1.82, 2.24) is 14.9 Å². The van der Waals surface area contributed by atoms with Gasteiger partial charge in [-0.25, -0.2) is 4.98 Å². The molecule has 2 heterocycles. The fourth-order valence-electron chi connectivity index (χ4n) is 3.77. The van der Waals surface area contributed by atoms with Crippen LogP contribution in [0.5, 0.6) is 0 Å². The minimum Gasteiger partial charge on any atom is -0.373 e. The maximum absolute atomic E-state index is 4.54. The summed E-state index contributed by atoms with van der Waals surface area (Å²) in [6.07, 6.45) is 3.52. The van der Waals surface area contributed by atoms with E-state index in [1.165, 1.54) is 17.5 Å². The monoisotopic (exact) mass is 367 g/mol. The van der Waals surface area contributed by atoms with E-state index in [-0.39, 0.29) is 0 Å². The molecule has 3 rings (SSSR count). The van der Waals surface area contributed by atoms with Crippen molar-refractivity contribution in [3.8, 4) is 0 Å². The topological polar surface area (TPSA) is 53.1 Å². The fourth-order valence-corrected chi connectivity index (χ4v) is 3.77. The third-order valence-electron chi connectivity index (χ3n) is 5.02. The van der Waals surface area contributed by atoms with E-state index in [2.05, 4.69) is 63.6 Å². The highest BCUT2D eigenvalue weighted by Crippen LogP contribution is 2.18. The molecule has 0 unspecified atom stereocenters. The molecule has 1 aromatic heterocycles. The van der Waals surface area contributed by atoms with Crippen molar-refractivity contribution in [3.05, 3.63) is 47.2 Å². The Kier molecular flexibility index (Phi) is 6.67. The summed E-state index contributed by atoms with van der Waals surface area (Å²) in [5.74, 6) is 2.29. The van der Waals surface area contributed by atoms with Crippen molar-refractivity contribution < 1.29 is 0 Å². The van der Waals surface area contributed by atoms with Gasteiger partial charge >= 0.3 is 0 Å². The van der Waals surface area contributed by atoms with Crippen LogP contribution >= 0.6 is 0 Å². The number of rotatable bonds is 7. The highest BCUT2D eigenvalue weighted by Gasteiger charge is 2.20. The summed E-state index contributed by atoms with van der Waals surface area (Å²) in [7, 11) is 1.89. The lowest BCUT2D eigenvalue weighted by Gasteiger charge is -2.33. The quantitative estimate of drug-likeness (QED) is 0.771. The Labute approximate surface area is 163 Å². The van der Waals surface area contributed by atoms with Crippen molar-refractivity contribution in [2.75, 3.05) is 30.8 Å². The van der Waals surface area contributed by atoms with Crippen LogP contribution in [0.2, 0.25) is 0 Å². The highest BCUT2D eigenvalue weighted by molar-refractivity contribution is 5.42. The van der Waals surface area contributed by atoms with E-state index in [0.29, 0.717) is 12.0 Å². The zero-order valence-electron chi connectivity index (χ0n) is 17.1. The van der Waals surface area contributed by atoms with E-state index >= 15 is 0 Å². The molecule has 1 aliphatic rings. The van der Waals surface area contributed by atoms with Crippen LogP contribution in [0.3, 0.4) is 0 Å². The van der Waals surface area contributed by atoms with Gasteiger partial charge in [0.1, 0.15) is 5.82 Å². The van der Waals surface area contributed by atoms with Crippen LogP contribution in [-0.4, -0.2) is 41.0 Å². The molecular weight excluding hydrogens is 334 g/mol. The van der Waals surface area contributed by atoms with Crippen LogP contribution in [0.25, 0.3) is 0 Å². The second kappa shape index (κ2) is 9.18. The van der Waals surface area contributed by atoms with Crippen molar-refractivity contribution in [2.24, 2.45) is 5.92 Å². The first kappa shape index (κ1) is 19.6. The Balaban J connectivity index is 1.57. The Morgan fingerprint density at radius 3 is 2.59 bits per heavy atom. The van der Waals surface area contributed by atoms with Crippen LogP contribution in [0.1, 0.15) is 43.5 Å². The second-order valence-electron chi connectivity index (χ2n) is 8.10. The molecule has 2 N–H and O–H groups in total. The standard InChI is InChI=1S/C22H33N5/c1-16(2)12-18-7-9-19(10-8-18)14-27-11-5-6-20(15-27)25-22-24-17(3)13-21(23-4)26-22/h7-10,13,16,20H,5-6,11-12,14-15H2,1-4H3,(H2,23,24,25,26)/t20-/m0/s1. The molecule has 146 valence electrons. The summed E-state index contributed by atoms with van der Waals surface area (Å²) in [5, 5.41) is 6.64. The molecule has 0 amide bonds. The van der Waals surface area contributed by atoms with Gasteiger partial charge in [-0.3, -0.25) is 4.90 Å². The second-order valence-corrected chi connectivity index (χ2v) is 8.10. The summed E-state index contributed by atoms with van der Waals surface area (Å²) >= 11 is 0. The molecule has 0 aliphatic carbocycles. The minimum absolute atomic E-state index is 0.394. The average molecular weight is 368 g/mol. The van der Waals surface area contributed by atoms with Crippen LogP contribution in [0.4, 0.5) is 11.8 Å². The molecule has 0 spiro atoms. The van der Waals surface area contributed by atoms with Crippen molar-refractivity contribution in [2.45, 2.75) is 52.6 Å². The third-order valence-corrected chi connectivity index (χ3v) is 5.02. The van der Waals surface area contributed by atoms with E-state index in [1.54, 1.807) is 0 Å². The number of anilines is 2. The summed E-state index contributed by atoms with van der Waals surface area (Å²) in [6, 6.07) is 11.5. The van der Waals surface area contributed by atoms with Gasteiger partial charge in [-0.2, -0.15) is 4.98 Å². The Morgan fingerprint density at radius 2 is 1.89 bits per heavy atom. The molecule has 5 heteroatoms. The number of aryl methyl sites for hydroxylation is 1. The zero-order valence-corrected chi connectivity index (χ0v) is 17.1. The van der Waals surface area contributed by atoms with Gasteiger partial charge in [0.05, 0.1) is 0 Å². The number of hydrogen-bond acceptors (Lipinski definition) is 5. The van der Waals surface area contributed by atoms with Gasteiger partial charge in [-0.1, -0.05) is 38.1 Å². The molecule has 0 saturated carbocycles. The smallest absolute Gasteiger partial charge is 0.225 e. The predicted molar refractivity (Wildman–Crippen MR) is 113 cm³/mol. The predicted octanol–water partition coefficient (Wildman–Crippen LogP) is 4.10. The summed E-state index contributed by atoms with van der Waals surface area (Å²) in [4.78, 5) is 11.6. The van der Waals surface area contributed by atoms with E-state index in [0.717, 1.165) is 49.9 Å². The average Bonchev–Trinajstić information content (AvgIpc) is 2.63. The molecule has 27 heavy (non-hydrogen) atoms. The minimum atomic E-state index is 0.394. The van der Waals surface area contributed by atoms with Crippen LogP contribution in [0.15, 0.2) is 30.3 Å². The van der Waals surface area contributed by atoms with Gasteiger partial charge in [0, 0.05) is 37.9 Å². The normalized spacial score (nSPS) is 17.9. The van der Waals surface area contributed by atoms with E-state index < -0.39 is 0 Å². The van der Waals surface area contributed by atoms with Gasteiger partial charge in [-0.05, 0) is 49.8 Å². The molecular formula is C22H33N5. The van der Waals surface area contributed by atoms with Crippen LogP contribution in [0, 0.1) is 12.8 Å². The molecule has 1 aliphatic heterocycles. The lowest BCUT2D eigenvalue weighted by molar-refractivity contribution is 0.208. The van der Waals surface area contributed by atoms with Gasteiger partial charge < -0.3 is 10.6 Å². The summed E-state index contributed by atoms with van der Waals surface area (Å²) < 4.78 is 0. The molecule has 0 bridgehead atoms. The lowest BCUT2D eigenvalue weighted by Crippen LogP contribution is -2.41.